The Labute approximate surface area is 117 Å². The molecule has 4 heteroatoms. The summed E-state index contributed by atoms with van der Waals surface area (Å²) in [4.78, 5) is 0. The van der Waals surface area contributed by atoms with E-state index in [0.29, 0.717) is 18.4 Å². The summed E-state index contributed by atoms with van der Waals surface area (Å²) in [6.07, 6.45) is -2.93. The Morgan fingerprint density at radius 1 is 1.25 bits per heavy atom. The van der Waals surface area contributed by atoms with Gasteiger partial charge in [-0.3, -0.25) is 0 Å². The van der Waals surface area contributed by atoms with Crippen LogP contribution in [0.15, 0.2) is 36.9 Å². The van der Waals surface area contributed by atoms with Crippen molar-refractivity contribution >= 4 is 0 Å². The molecule has 0 saturated carbocycles. The minimum absolute atomic E-state index is 0.285. The molecule has 3 unspecified atom stereocenters. The number of fused-ring (bicyclic) bond motifs is 1. The van der Waals surface area contributed by atoms with E-state index in [9.17, 15) is 18.3 Å². The van der Waals surface area contributed by atoms with E-state index in [-0.39, 0.29) is 12.3 Å². The number of hydrogen-bond acceptors (Lipinski definition) is 1. The molecule has 0 saturated heterocycles. The van der Waals surface area contributed by atoms with Crippen LogP contribution in [0.25, 0.3) is 0 Å². The normalized spacial score (nSPS) is 25.6. The molecule has 0 aliphatic heterocycles. The van der Waals surface area contributed by atoms with E-state index in [2.05, 4.69) is 13.5 Å². The van der Waals surface area contributed by atoms with Gasteiger partial charge in [0.2, 0.25) is 0 Å². The first-order valence-electron chi connectivity index (χ1n) is 6.80. The fourth-order valence-electron chi connectivity index (χ4n) is 3.00. The van der Waals surface area contributed by atoms with E-state index in [1.54, 1.807) is 0 Å². The highest BCUT2D eigenvalue weighted by Gasteiger charge is 2.52. The fraction of sp³-hybridized carbons (Fsp3) is 0.500. The van der Waals surface area contributed by atoms with Gasteiger partial charge in [-0.15, -0.1) is 0 Å². The van der Waals surface area contributed by atoms with Crippen LogP contribution < -0.4 is 0 Å². The second-order valence-corrected chi connectivity index (χ2v) is 5.63. The van der Waals surface area contributed by atoms with Crippen molar-refractivity contribution in [3.63, 3.8) is 0 Å². The molecule has 0 heterocycles. The third kappa shape index (κ3) is 2.62. The third-order valence-electron chi connectivity index (χ3n) is 4.30. The Morgan fingerprint density at radius 3 is 2.40 bits per heavy atom. The number of rotatable bonds is 3. The van der Waals surface area contributed by atoms with Gasteiger partial charge in [0, 0.05) is 0 Å². The van der Waals surface area contributed by atoms with Crippen LogP contribution in [-0.2, 0) is 0 Å². The number of aliphatic hydroxyl groups is 1. The first-order chi connectivity index (χ1) is 9.28. The first-order valence-corrected chi connectivity index (χ1v) is 6.80. The second kappa shape index (κ2) is 5.24. The minimum atomic E-state index is -4.69. The molecule has 2 rings (SSSR count). The van der Waals surface area contributed by atoms with Crippen molar-refractivity contribution in [1.29, 1.82) is 0 Å². The molecular formula is C16H19F3O. The maximum atomic E-state index is 13.0. The number of hydrogen-bond donors (Lipinski definition) is 1. The molecule has 1 aromatic rings. The predicted molar refractivity (Wildman–Crippen MR) is 72.7 cm³/mol. The summed E-state index contributed by atoms with van der Waals surface area (Å²) < 4.78 is 39.0. The maximum absolute atomic E-state index is 13.0. The van der Waals surface area contributed by atoms with E-state index in [0.717, 1.165) is 17.5 Å². The maximum Gasteiger partial charge on any atom is 0.420 e. The monoisotopic (exact) mass is 284 g/mol. The van der Waals surface area contributed by atoms with E-state index in [1.807, 2.05) is 24.3 Å². The van der Waals surface area contributed by atoms with Gasteiger partial charge in [0.1, 0.15) is 0 Å². The average Bonchev–Trinajstić information content (AvgIpc) is 2.41. The molecule has 1 aromatic carbocycles. The molecule has 3 atom stereocenters. The van der Waals surface area contributed by atoms with Crippen LogP contribution in [0.4, 0.5) is 13.2 Å². The summed E-state index contributed by atoms with van der Waals surface area (Å²) in [6, 6.07) is 7.58. The zero-order valence-electron chi connectivity index (χ0n) is 11.5. The van der Waals surface area contributed by atoms with Crippen LogP contribution >= 0.6 is 0 Å². The van der Waals surface area contributed by atoms with Crippen LogP contribution in [0.5, 0.6) is 0 Å². The number of alkyl halides is 3. The standard InChI is InChI=1S/C16H19F3O/c1-3-15(20,16(17,18)19)10-12-9-8-11(2)13-6-4-5-7-14(12)13/h3-7,11-12,20H,1,8-10H2,2H3. The lowest BCUT2D eigenvalue weighted by Gasteiger charge is -2.35. The summed E-state index contributed by atoms with van der Waals surface area (Å²) in [5.41, 5.74) is -0.793. The van der Waals surface area contributed by atoms with Gasteiger partial charge >= 0.3 is 6.18 Å². The molecule has 1 aliphatic carbocycles. The van der Waals surface area contributed by atoms with Crippen LogP contribution in [0.3, 0.4) is 0 Å². The van der Waals surface area contributed by atoms with Gasteiger partial charge < -0.3 is 5.11 Å². The molecule has 1 aliphatic rings. The Hall–Kier alpha value is -1.29. The van der Waals surface area contributed by atoms with E-state index in [4.69, 9.17) is 0 Å². The zero-order chi connectivity index (χ0) is 15.0. The highest BCUT2D eigenvalue weighted by Crippen LogP contribution is 2.45. The molecule has 0 aromatic heterocycles. The Balaban J connectivity index is 2.32. The van der Waals surface area contributed by atoms with Crippen LogP contribution in [0.1, 0.15) is 49.1 Å². The van der Waals surface area contributed by atoms with Crippen molar-refractivity contribution in [2.24, 2.45) is 0 Å². The Morgan fingerprint density at radius 2 is 1.85 bits per heavy atom. The van der Waals surface area contributed by atoms with E-state index in [1.165, 1.54) is 0 Å². The largest absolute Gasteiger partial charge is 0.420 e. The lowest BCUT2D eigenvalue weighted by atomic mass is 9.73. The molecule has 0 spiro atoms. The average molecular weight is 284 g/mol. The first kappa shape index (κ1) is 15.1. The fourth-order valence-corrected chi connectivity index (χ4v) is 3.00. The molecule has 1 nitrogen and oxygen atoms in total. The number of halogens is 3. The molecule has 0 amide bonds. The number of benzene rings is 1. The van der Waals surface area contributed by atoms with Gasteiger partial charge in [-0.25, -0.2) is 0 Å². The van der Waals surface area contributed by atoms with Crippen molar-refractivity contribution in [2.45, 2.75) is 49.8 Å². The van der Waals surface area contributed by atoms with Crippen LogP contribution in [-0.4, -0.2) is 16.9 Å². The third-order valence-corrected chi connectivity index (χ3v) is 4.30. The van der Waals surface area contributed by atoms with Crippen molar-refractivity contribution in [2.75, 3.05) is 0 Å². The second-order valence-electron chi connectivity index (χ2n) is 5.63. The van der Waals surface area contributed by atoms with Crippen molar-refractivity contribution < 1.29 is 18.3 Å². The van der Waals surface area contributed by atoms with Gasteiger partial charge in [-0.2, -0.15) is 13.2 Å². The molecule has 0 radical (unpaired) electrons. The molecule has 110 valence electrons. The lowest BCUT2D eigenvalue weighted by molar-refractivity contribution is -0.243. The highest BCUT2D eigenvalue weighted by atomic mass is 19.4. The zero-order valence-corrected chi connectivity index (χ0v) is 11.5. The predicted octanol–water partition coefficient (Wildman–Crippen LogP) is 4.54. The Bertz CT molecular complexity index is 495. The van der Waals surface area contributed by atoms with Crippen LogP contribution in [0.2, 0.25) is 0 Å². The van der Waals surface area contributed by atoms with Crippen molar-refractivity contribution in [3.05, 3.63) is 48.0 Å². The van der Waals surface area contributed by atoms with Crippen molar-refractivity contribution in [3.8, 4) is 0 Å². The molecule has 0 fully saturated rings. The smallest absolute Gasteiger partial charge is 0.377 e. The topological polar surface area (TPSA) is 20.2 Å². The molecule has 0 bridgehead atoms. The van der Waals surface area contributed by atoms with Gasteiger partial charge in [-0.05, 0) is 42.2 Å². The summed E-state index contributed by atoms with van der Waals surface area (Å²) in [6.45, 7) is 5.25. The molecule has 1 N–H and O–H groups in total. The van der Waals surface area contributed by atoms with E-state index >= 15 is 0 Å². The summed E-state index contributed by atoms with van der Waals surface area (Å²) in [7, 11) is 0. The SMILES string of the molecule is C=CC(O)(CC1CCC(C)c2ccccc21)C(F)(F)F. The quantitative estimate of drug-likeness (QED) is 0.808. The molecule has 20 heavy (non-hydrogen) atoms. The summed E-state index contributed by atoms with van der Waals surface area (Å²) >= 11 is 0. The Kier molecular flexibility index (Phi) is 3.96. The lowest BCUT2D eigenvalue weighted by Crippen LogP contribution is -2.44. The van der Waals surface area contributed by atoms with E-state index < -0.39 is 11.8 Å². The molecular weight excluding hydrogens is 265 g/mol. The minimum Gasteiger partial charge on any atom is -0.377 e. The van der Waals surface area contributed by atoms with Gasteiger partial charge in [0.25, 0.3) is 0 Å². The van der Waals surface area contributed by atoms with Gasteiger partial charge in [-0.1, -0.05) is 43.8 Å². The van der Waals surface area contributed by atoms with Gasteiger partial charge in [0.05, 0.1) is 0 Å². The summed E-state index contributed by atoms with van der Waals surface area (Å²) in [5, 5.41) is 9.86. The van der Waals surface area contributed by atoms with Crippen molar-refractivity contribution in [1.82, 2.24) is 0 Å². The summed E-state index contributed by atoms with van der Waals surface area (Å²) in [5.74, 6) is 0.0668. The van der Waals surface area contributed by atoms with Gasteiger partial charge in [0.15, 0.2) is 5.60 Å². The highest BCUT2D eigenvalue weighted by molar-refractivity contribution is 5.36. The van der Waals surface area contributed by atoms with Crippen LogP contribution in [0, 0.1) is 0 Å².